The van der Waals surface area contributed by atoms with E-state index in [9.17, 15) is 0 Å². The summed E-state index contributed by atoms with van der Waals surface area (Å²) in [4.78, 5) is 0. The first-order chi connectivity index (χ1) is 11.3. The van der Waals surface area contributed by atoms with Crippen molar-refractivity contribution in [2.24, 2.45) is 13.5 Å². The van der Waals surface area contributed by atoms with Gasteiger partial charge in [0.25, 0.3) is 0 Å². The van der Waals surface area contributed by atoms with Gasteiger partial charge in [-0.25, -0.2) is 28.0 Å². The quantitative estimate of drug-likeness (QED) is 0.511. The molecule has 3 saturated heterocycles. The van der Waals surface area contributed by atoms with Crippen molar-refractivity contribution >= 4 is 22.5 Å². The lowest BCUT2D eigenvalue weighted by molar-refractivity contribution is 0.593. The van der Waals surface area contributed by atoms with Gasteiger partial charge in [0.2, 0.25) is 22.5 Å². The zero-order valence-electron chi connectivity index (χ0n) is 15.6. The molecule has 138 valence electrons. The second kappa shape index (κ2) is 5.72. The van der Waals surface area contributed by atoms with Crippen LogP contribution in [0.1, 0.15) is 0 Å². The standard InChI is InChI=1S/C12H30N9P3/c1-16(2)22(19-7-8-19)13-23(17(3)4,20-9-10-20)15-24(14-22,18(5)6)21-11-12-21/h7-12H2,1-6H3. The molecule has 0 aliphatic carbocycles. The Morgan fingerprint density at radius 1 is 0.500 bits per heavy atom. The Bertz CT molecular complexity index is 571. The van der Waals surface area contributed by atoms with Crippen molar-refractivity contribution in [3.63, 3.8) is 0 Å². The summed E-state index contributed by atoms with van der Waals surface area (Å²) in [6, 6.07) is 0. The molecular formula is C12H30N9P3. The van der Waals surface area contributed by atoms with Crippen LogP contribution in [0.2, 0.25) is 0 Å². The lowest BCUT2D eigenvalue weighted by Crippen LogP contribution is -2.23. The van der Waals surface area contributed by atoms with E-state index in [-0.39, 0.29) is 0 Å². The van der Waals surface area contributed by atoms with E-state index in [0.29, 0.717) is 0 Å². The molecule has 0 amide bonds. The number of rotatable bonds is 6. The summed E-state index contributed by atoms with van der Waals surface area (Å²) in [5.74, 6) is 0. The van der Waals surface area contributed by atoms with E-state index < -0.39 is 22.5 Å². The van der Waals surface area contributed by atoms with Crippen LogP contribution in [-0.2, 0) is 0 Å². The Morgan fingerprint density at radius 2 is 0.708 bits per heavy atom. The predicted molar refractivity (Wildman–Crippen MR) is 104 cm³/mol. The molecule has 0 bridgehead atoms. The number of hydrogen-bond acceptors (Lipinski definition) is 9. The zero-order chi connectivity index (χ0) is 17.3. The summed E-state index contributed by atoms with van der Waals surface area (Å²) in [5.41, 5.74) is 0. The first-order valence-corrected chi connectivity index (χ1v) is 13.3. The van der Waals surface area contributed by atoms with Crippen molar-refractivity contribution in [3.05, 3.63) is 0 Å². The Kier molecular flexibility index (Phi) is 4.25. The maximum Gasteiger partial charge on any atom is 0.220 e. The van der Waals surface area contributed by atoms with Crippen LogP contribution in [0.25, 0.3) is 0 Å². The van der Waals surface area contributed by atoms with Crippen LogP contribution in [0.3, 0.4) is 0 Å². The van der Waals surface area contributed by atoms with Crippen LogP contribution in [-0.4, -0.2) is 110 Å². The number of nitrogens with zero attached hydrogens (tertiary/aromatic N) is 9. The van der Waals surface area contributed by atoms with Crippen LogP contribution in [0, 0.1) is 0 Å². The zero-order valence-corrected chi connectivity index (χ0v) is 18.3. The van der Waals surface area contributed by atoms with Crippen LogP contribution in [0.5, 0.6) is 0 Å². The van der Waals surface area contributed by atoms with Gasteiger partial charge in [-0.1, -0.05) is 0 Å². The van der Waals surface area contributed by atoms with Gasteiger partial charge in [0, 0.05) is 39.3 Å². The molecule has 0 radical (unpaired) electrons. The molecule has 4 heterocycles. The van der Waals surface area contributed by atoms with Gasteiger partial charge >= 0.3 is 0 Å². The maximum atomic E-state index is 5.52. The summed E-state index contributed by atoms with van der Waals surface area (Å²) < 4.78 is 31.0. The van der Waals surface area contributed by atoms with Gasteiger partial charge in [0.05, 0.1) is 0 Å². The minimum atomic E-state index is -2.05. The Labute approximate surface area is 146 Å². The average Bonchev–Trinajstić information content (AvgIpc) is 3.42. The summed E-state index contributed by atoms with van der Waals surface area (Å²) in [5, 5.41) is 0. The highest BCUT2D eigenvalue weighted by Gasteiger charge is 2.53. The smallest absolute Gasteiger partial charge is 0.220 e. The van der Waals surface area contributed by atoms with Gasteiger partial charge in [0.15, 0.2) is 0 Å². The molecule has 4 aliphatic heterocycles. The monoisotopic (exact) mass is 393 g/mol. The Morgan fingerprint density at radius 3 is 0.833 bits per heavy atom. The van der Waals surface area contributed by atoms with Crippen molar-refractivity contribution in [3.8, 4) is 0 Å². The molecule has 0 atom stereocenters. The highest BCUT2D eigenvalue weighted by molar-refractivity contribution is 7.83. The molecule has 4 aliphatic rings. The third-order valence-corrected chi connectivity index (χ3v) is 17.2. The maximum absolute atomic E-state index is 5.52. The van der Waals surface area contributed by atoms with E-state index in [1.54, 1.807) is 0 Å². The molecule has 9 nitrogen and oxygen atoms in total. The first-order valence-electron chi connectivity index (χ1n) is 8.48. The third-order valence-electron chi connectivity index (χ3n) is 4.74. The minimum absolute atomic E-state index is 1.11. The van der Waals surface area contributed by atoms with Crippen molar-refractivity contribution in [1.82, 2.24) is 28.0 Å². The summed E-state index contributed by atoms with van der Waals surface area (Å²) >= 11 is 0. The van der Waals surface area contributed by atoms with Crippen molar-refractivity contribution in [2.75, 3.05) is 81.6 Å². The molecule has 0 aromatic carbocycles. The van der Waals surface area contributed by atoms with Crippen molar-refractivity contribution in [1.29, 1.82) is 0 Å². The molecule has 0 unspecified atom stereocenters. The van der Waals surface area contributed by atoms with E-state index >= 15 is 0 Å². The van der Waals surface area contributed by atoms with Crippen LogP contribution in [0.15, 0.2) is 13.5 Å². The summed E-state index contributed by atoms with van der Waals surface area (Å²) in [6.45, 7) is 6.67. The van der Waals surface area contributed by atoms with Crippen molar-refractivity contribution in [2.45, 2.75) is 0 Å². The first kappa shape index (κ1) is 17.8. The van der Waals surface area contributed by atoms with E-state index in [4.69, 9.17) is 13.5 Å². The largest absolute Gasteiger partial charge is 0.246 e. The molecule has 0 N–H and O–H groups in total. The molecule has 3 fully saturated rings. The van der Waals surface area contributed by atoms with Crippen LogP contribution >= 0.6 is 22.5 Å². The van der Waals surface area contributed by atoms with Gasteiger partial charge in [-0.2, -0.15) is 13.5 Å². The van der Waals surface area contributed by atoms with Gasteiger partial charge in [0.1, 0.15) is 0 Å². The van der Waals surface area contributed by atoms with Gasteiger partial charge in [-0.05, 0) is 42.3 Å². The van der Waals surface area contributed by atoms with Gasteiger partial charge < -0.3 is 0 Å². The van der Waals surface area contributed by atoms with E-state index in [2.05, 4.69) is 70.3 Å². The normalized spacial score (nSPS) is 42.9. The second-order valence-electron chi connectivity index (χ2n) is 7.28. The van der Waals surface area contributed by atoms with Crippen LogP contribution < -0.4 is 0 Å². The van der Waals surface area contributed by atoms with E-state index in [0.717, 1.165) is 39.3 Å². The summed E-state index contributed by atoms with van der Waals surface area (Å²) in [7, 11) is 6.80. The summed E-state index contributed by atoms with van der Waals surface area (Å²) in [6.07, 6.45) is 0. The predicted octanol–water partition coefficient (Wildman–Crippen LogP) is 2.47. The molecule has 4 rings (SSSR count). The van der Waals surface area contributed by atoms with Gasteiger partial charge in [-0.3, -0.25) is 0 Å². The topological polar surface area (TPSA) is 55.8 Å². The highest BCUT2D eigenvalue weighted by atomic mass is 31.3. The highest BCUT2D eigenvalue weighted by Crippen LogP contribution is 2.84. The molecule has 0 saturated carbocycles. The molecular weight excluding hydrogens is 363 g/mol. The molecule has 0 aromatic rings. The fourth-order valence-electron chi connectivity index (χ4n) is 3.05. The minimum Gasteiger partial charge on any atom is -0.246 e. The fraction of sp³-hybridized carbons (Fsp3) is 1.00. The molecule has 12 heteroatoms. The third kappa shape index (κ3) is 2.57. The molecule has 24 heavy (non-hydrogen) atoms. The van der Waals surface area contributed by atoms with E-state index in [1.165, 1.54) is 0 Å². The average molecular weight is 393 g/mol. The molecule has 0 spiro atoms. The lowest BCUT2D eigenvalue weighted by atomic mass is 11.0. The SMILES string of the molecule is CN(C)P1(N2CC2)=NP(N(C)C)(N2CC2)=NP(N(C)C)(N2CC2)=N1. The van der Waals surface area contributed by atoms with Gasteiger partial charge in [-0.15, -0.1) is 0 Å². The lowest BCUT2D eigenvalue weighted by Gasteiger charge is -2.43. The Balaban J connectivity index is 2.05. The number of hydrogen-bond donors (Lipinski definition) is 0. The van der Waals surface area contributed by atoms with Crippen LogP contribution in [0.4, 0.5) is 0 Å². The molecule has 0 aromatic heterocycles. The fourth-order valence-corrected chi connectivity index (χ4v) is 18.3. The second-order valence-corrected chi connectivity index (χ2v) is 16.7. The Hall–Kier alpha value is 0.450. The van der Waals surface area contributed by atoms with E-state index in [1.807, 2.05) is 0 Å². The van der Waals surface area contributed by atoms with Crippen molar-refractivity contribution < 1.29 is 0 Å².